The van der Waals surface area contributed by atoms with Gasteiger partial charge in [-0.05, 0) is 32.0 Å². The average Bonchev–Trinajstić information content (AvgIpc) is 3.00. The first-order chi connectivity index (χ1) is 13.8. The lowest BCUT2D eigenvalue weighted by molar-refractivity contribution is 0.180. The maximum atomic E-state index is 13.0. The molecule has 1 aromatic carbocycles. The summed E-state index contributed by atoms with van der Waals surface area (Å²) in [6, 6.07) is 4.14. The molecular formula is C18H21N5O5S. The predicted molar refractivity (Wildman–Crippen MR) is 105 cm³/mol. The third kappa shape index (κ3) is 3.63. The first-order valence-electron chi connectivity index (χ1n) is 9.16. The number of aryl methyl sites for hydroxylation is 2. The lowest BCUT2D eigenvalue weighted by Crippen LogP contribution is -2.48. The zero-order valence-corrected chi connectivity index (χ0v) is 16.9. The molecule has 0 aliphatic carbocycles. The van der Waals surface area contributed by atoms with E-state index >= 15 is 0 Å². The Labute approximate surface area is 166 Å². The summed E-state index contributed by atoms with van der Waals surface area (Å²) in [5.41, 5.74) is 0.917. The molecule has 0 unspecified atom stereocenters. The Balaban J connectivity index is 1.52. The summed E-state index contributed by atoms with van der Waals surface area (Å²) in [5, 5.41) is 4.08. The van der Waals surface area contributed by atoms with Crippen molar-refractivity contribution < 1.29 is 12.9 Å². The third-order valence-corrected chi connectivity index (χ3v) is 7.14. The van der Waals surface area contributed by atoms with Crippen molar-refractivity contribution in [1.82, 2.24) is 24.3 Å². The van der Waals surface area contributed by atoms with Gasteiger partial charge in [0.15, 0.2) is 0 Å². The second-order valence-corrected chi connectivity index (χ2v) is 9.04. The summed E-state index contributed by atoms with van der Waals surface area (Å²) in [6.07, 6.45) is 0. The highest BCUT2D eigenvalue weighted by Crippen LogP contribution is 2.22. The molecule has 0 amide bonds. The van der Waals surface area contributed by atoms with Gasteiger partial charge in [0, 0.05) is 38.3 Å². The van der Waals surface area contributed by atoms with Crippen LogP contribution >= 0.6 is 0 Å². The molecule has 29 heavy (non-hydrogen) atoms. The van der Waals surface area contributed by atoms with Gasteiger partial charge >= 0.3 is 5.69 Å². The molecule has 0 saturated carbocycles. The van der Waals surface area contributed by atoms with Gasteiger partial charge in [-0.15, -0.1) is 0 Å². The summed E-state index contributed by atoms with van der Waals surface area (Å²) in [7, 11) is -3.75. The highest BCUT2D eigenvalue weighted by atomic mass is 32.2. The minimum atomic E-state index is -3.75. The number of piperazine rings is 1. The number of hydrogen-bond acceptors (Lipinski definition) is 7. The van der Waals surface area contributed by atoms with Crippen LogP contribution in [-0.2, 0) is 16.6 Å². The Kier molecular flexibility index (Phi) is 4.89. The SMILES string of the molecule is Cc1noc(C)c1CN1CCN(S(=O)(=O)c2ccc3[nH]c(=O)[nH]c(=O)c3c2)CC1. The highest BCUT2D eigenvalue weighted by Gasteiger charge is 2.29. The topological polar surface area (TPSA) is 132 Å². The molecule has 11 heteroatoms. The Hall–Kier alpha value is -2.76. The Morgan fingerprint density at radius 2 is 1.83 bits per heavy atom. The van der Waals surface area contributed by atoms with Gasteiger partial charge in [-0.1, -0.05) is 5.16 Å². The minimum Gasteiger partial charge on any atom is -0.361 e. The number of fused-ring (bicyclic) bond motifs is 1. The lowest BCUT2D eigenvalue weighted by atomic mass is 10.2. The molecule has 0 radical (unpaired) electrons. The summed E-state index contributed by atoms with van der Waals surface area (Å²) < 4.78 is 32.7. The van der Waals surface area contributed by atoms with E-state index in [0.717, 1.165) is 17.0 Å². The van der Waals surface area contributed by atoms with E-state index in [2.05, 4.69) is 20.0 Å². The van der Waals surface area contributed by atoms with Gasteiger partial charge in [-0.3, -0.25) is 14.7 Å². The fraction of sp³-hybridized carbons (Fsp3) is 0.389. The summed E-state index contributed by atoms with van der Waals surface area (Å²) >= 11 is 0. The van der Waals surface area contributed by atoms with Crippen LogP contribution in [0.25, 0.3) is 10.9 Å². The van der Waals surface area contributed by atoms with E-state index in [9.17, 15) is 18.0 Å². The van der Waals surface area contributed by atoms with E-state index in [1.807, 2.05) is 13.8 Å². The van der Waals surface area contributed by atoms with Crippen LogP contribution in [0, 0.1) is 13.8 Å². The molecule has 1 saturated heterocycles. The fourth-order valence-electron chi connectivity index (χ4n) is 3.53. The quantitative estimate of drug-likeness (QED) is 0.623. The van der Waals surface area contributed by atoms with Crippen LogP contribution in [0.3, 0.4) is 0 Å². The number of nitrogens with one attached hydrogen (secondary N) is 2. The number of aromatic nitrogens is 3. The molecule has 0 atom stereocenters. The van der Waals surface area contributed by atoms with E-state index in [4.69, 9.17) is 4.52 Å². The van der Waals surface area contributed by atoms with Gasteiger partial charge in [0.25, 0.3) is 5.56 Å². The van der Waals surface area contributed by atoms with Crippen molar-refractivity contribution in [3.8, 4) is 0 Å². The molecule has 154 valence electrons. The molecule has 3 aromatic rings. The molecular weight excluding hydrogens is 398 g/mol. The van der Waals surface area contributed by atoms with E-state index in [1.54, 1.807) is 0 Å². The fourth-order valence-corrected chi connectivity index (χ4v) is 4.98. The Morgan fingerprint density at radius 1 is 1.10 bits per heavy atom. The van der Waals surface area contributed by atoms with Gasteiger partial charge in [-0.25, -0.2) is 13.2 Å². The molecule has 10 nitrogen and oxygen atoms in total. The Bertz CT molecular complexity index is 1260. The molecule has 0 bridgehead atoms. The van der Waals surface area contributed by atoms with Crippen LogP contribution in [0.2, 0.25) is 0 Å². The normalized spacial score (nSPS) is 16.5. The maximum absolute atomic E-state index is 13.0. The van der Waals surface area contributed by atoms with Crippen molar-refractivity contribution in [3.63, 3.8) is 0 Å². The van der Waals surface area contributed by atoms with Gasteiger partial charge in [0.05, 0.1) is 21.5 Å². The second kappa shape index (κ2) is 7.25. The van der Waals surface area contributed by atoms with Gasteiger partial charge < -0.3 is 9.51 Å². The van der Waals surface area contributed by atoms with Crippen LogP contribution in [-0.4, -0.2) is 58.9 Å². The van der Waals surface area contributed by atoms with Crippen LogP contribution < -0.4 is 11.2 Å². The number of H-pyrrole nitrogens is 2. The van der Waals surface area contributed by atoms with Crippen molar-refractivity contribution in [1.29, 1.82) is 0 Å². The third-order valence-electron chi connectivity index (χ3n) is 5.24. The smallest absolute Gasteiger partial charge is 0.326 e. The van der Waals surface area contributed by atoms with E-state index in [0.29, 0.717) is 38.2 Å². The lowest BCUT2D eigenvalue weighted by Gasteiger charge is -2.33. The summed E-state index contributed by atoms with van der Waals surface area (Å²) in [4.78, 5) is 30.2. The first-order valence-corrected chi connectivity index (χ1v) is 10.6. The maximum Gasteiger partial charge on any atom is 0.326 e. The number of benzene rings is 1. The van der Waals surface area contributed by atoms with Gasteiger partial charge in [0.2, 0.25) is 10.0 Å². The predicted octanol–water partition coefficient (Wildman–Crippen LogP) is 0.328. The average molecular weight is 419 g/mol. The molecule has 3 heterocycles. The van der Waals surface area contributed by atoms with Crippen molar-refractivity contribution >= 4 is 20.9 Å². The largest absolute Gasteiger partial charge is 0.361 e. The molecule has 4 rings (SSSR count). The van der Waals surface area contributed by atoms with Crippen molar-refractivity contribution in [2.45, 2.75) is 25.3 Å². The van der Waals surface area contributed by atoms with Crippen LogP contribution in [0.1, 0.15) is 17.0 Å². The summed E-state index contributed by atoms with van der Waals surface area (Å²) in [6.45, 7) is 6.24. The second-order valence-electron chi connectivity index (χ2n) is 7.10. The van der Waals surface area contributed by atoms with E-state index < -0.39 is 21.3 Å². The molecule has 1 aliphatic rings. The number of sulfonamides is 1. The molecule has 0 spiro atoms. The number of aromatic amines is 2. The van der Waals surface area contributed by atoms with Crippen LogP contribution in [0.15, 0.2) is 37.2 Å². The number of rotatable bonds is 4. The monoisotopic (exact) mass is 419 g/mol. The zero-order valence-electron chi connectivity index (χ0n) is 16.1. The van der Waals surface area contributed by atoms with Gasteiger partial charge in [0.1, 0.15) is 5.76 Å². The number of nitrogens with zero attached hydrogens (tertiary/aromatic N) is 3. The van der Waals surface area contributed by atoms with Crippen LogP contribution in [0.4, 0.5) is 0 Å². The molecule has 2 aromatic heterocycles. The van der Waals surface area contributed by atoms with E-state index in [-0.39, 0.29) is 10.3 Å². The van der Waals surface area contributed by atoms with E-state index in [1.165, 1.54) is 22.5 Å². The number of hydrogen-bond donors (Lipinski definition) is 2. The van der Waals surface area contributed by atoms with Crippen molar-refractivity contribution in [2.75, 3.05) is 26.2 Å². The standard InChI is InChI=1S/C18H21N5O5S/c1-11-15(12(2)28-21-11)10-22-5-7-23(8-6-22)29(26,27)13-3-4-16-14(9-13)17(24)20-18(25)19-16/h3-4,9H,5-8,10H2,1-2H3,(H2,19,20,24,25). The van der Waals surface area contributed by atoms with Crippen molar-refractivity contribution in [3.05, 3.63) is 56.1 Å². The molecule has 1 fully saturated rings. The highest BCUT2D eigenvalue weighted by molar-refractivity contribution is 7.89. The molecule has 2 N–H and O–H groups in total. The minimum absolute atomic E-state index is 0.0294. The van der Waals surface area contributed by atoms with Gasteiger partial charge in [-0.2, -0.15) is 4.31 Å². The Morgan fingerprint density at radius 3 is 2.48 bits per heavy atom. The van der Waals surface area contributed by atoms with Crippen LogP contribution in [0.5, 0.6) is 0 Å². The first kappa shape index (κ1) is 19.6. The molecule has 1 aliphatic heterocycles. The zero-order chi connectivity index (χ0) is 20.8. The summed E-state index contributed by atoms with van der Waals surface area (Å²) in [5.74, 6) is 0.775. The van der Waals surface area contributed by atoms with Crippen molar-refractivity contribution in [2.24, 2.45) is 0 Å².